The third-order valence-corrected chi connectivity index (χ3v) is 5.74. The number of aromatic amines is 1. The van der Waals surface area contributed by atoms with Crippen LogP contribution in [0.25, 0.3) is 10.9 Å². The SMILES string of the molecule is O=C(CCCCCn1c(=S)[nH]c2cc3c(cc2c1=O)OCO3)NCc1ccc(Cl)cc1. The first-order valence-corrected chi connectivity index (χ1v) is 10.9. The molecule has 162 valence electrons. The first kappa shape index (κ1) is 21.4. The summed E-state index contributed by atoms with van der Waals surface area (Å²) in [4.78, 5) is 28.0. The molecule has 0 fully saturated rings. The normalized spacial score (nSPS) is 12.3. The maximum atomic E-state index is 12.9. The lowest BCUT2D eigenvalue weighted by atomic mass is 10.1. The molecule has 0 atom stereocenters. The fourth-order valence-corrected chi connectivity index (χ4v) is 3.88. The molecule has 9 heteroatoms. The Morgan fingerprint density at radius 1 is 1.13 bits per heavy atom. The largest absolute Gasteiger partial charge is 0.454 e. The number of fused-ring (bicyclic) bond motifs is 2. The zero-order chi connectivity index (χ0) is 21.8. The van der Waals surface area contributed by atoms with Gasteiger partial charge < -0.3 is 19.8 Å². The molecule has 31 heavy (non-hydrogen) atoms. The molecule has 0 saturated carbocycles. The van der Waals surface area contributed by atoms with Crippen LogP contribution in [0.2, 0.25) is 5.02 Å². The summed E-state index contributed by atoms with van der Waals surface area (Å²) in [5.74, 6) is 1.17. The third kappa shape index (κ3) is 5.08. The highest BCUT2D eigenvalue weighted by Gasteiger charge is 2.17. The standard InChI is InChI=1S/C22H22ClN3O4S/c23-15-7-5-14(6-8-15)12-24-20(27)4-2-1-3-9-26-21(28)16-10-18-19(30-13-29-18)11-17(16)25-22(26)31/h5-8,10-11H,1-4,9,12-13H2,(H,24,27)(H,25,31). The van der Waals surface area contributed by atoms with Gasteiger partial charge in [0.05, 0.1) is 10.9 Å². The van der Waals surface area contributed by atoms with Crippen molar-refractivity contribution in [2.75, 3.05) is 6.79 Å². The van der Waals surface area contributed by atoms with Crippen LogP contribution in [-0.4, -0.2) is 22.3 Å². The molecular formula is C22H22ClN3O4S. The number of H-pyrrole nitrogens is 1. The number of aromatic nitrogens is 2. The number of benzene rings is 2. The first-order chi connectivity index (χ1) is 15.0. The number of carbonyl (C=O) groups is 1. The zero-order valence-corrected chi connectivity index (χ0v) is 18.4. The van der Waals surface area contributed by atoms with Crippen LogP contribution in [0.1, 0.15) is 31.2 Å². The minimum atomic E-state index is -0.155. The van der Waals surface area contributed by atoms with Crippen molar-refractivity contribution in [1.29, 1.82) is 0 Å². The van der Waals surface area contributed by atoms with Crippen molar-refractivity contribution in [3.8, 4) is 11.5 Å². The summed E-state index contributed by atoms with van der Waals surface area (Å²) >= 11 is 11.2. The smallest absolute Gasteiger partial charge is 0.262 e. The Balaban J connectivity index is 1.27. The lowest BCUT2D eigenvalue weighted by Crippen LogP contribution is -2.23. The number of rotatable bonds is 8. The van der Waals surface area contributed by atoms with E-state index in [2.05, 4.69) is 10.3 Å². The predicted molar refractivity (Wildman–Crippen MR) is 121 cm³/mol. The number of ether oxygens (including phenoxy) is 2. The van der Waals surface area contributed by atoms with Crippen molar-refractivity contribution >= 4 is 40.6 Å². The van der Waals surface area contributed by atoms with Crippen molar-refractivity contribution in [2.24, 2.45) is 0 Å². The van der Waals surface area contributed by atoms with E-state index in [4.69, 9.17) is 33.3 Å². The first-order valence-electron chi connectivity index (χ1n) is 10.1. The van der Waals surface area contributed by atoms with Gasteiger partial charge in [-0.2, -0.15) is 0 Å². The zero-order valence-electron chi connectivity index (χ0n) is 16.8. The molecule has 1 aliphatic rings. The molecule has 2 aromatic carbocycles. The van der Waals surface area contributed by atoms with Crippen LogP contribution in [0.3, 0.4) is 0 Å². The molecule has 0 bridgehead atoms. The topological polar surface area (TPSA) is 85.4 Å². The molecule has 2 heterocycles. The van der Waals surface area contributed by atoms with E-state index in [1.54, 1.807) is 28.8 Å². The van der Waals surface area contributed by atoms with Gasteiger partial charge in [-0.1, -0.05) is 30.2 Å². The molecule has 4 rings (SSSR count). The molecule has 0 spiro atoms. The second-order valence-corrected chi connectivity index (χ2v) is 8.17. The summed E-state index contributed by atoms with van der Waals surface area (Å²) < 4.78 is 12.6. The highest BCUT2D eigenvalue weighted by atomic mass is 35.5. The number of halogens is 1. The highest BCUT2D eigenvalue weighted by Crippen LogP contribution is 2.34. The molecule has 1 aromatic heterocycles. The predicted octanol–water partition coefficient (Wildman–Crippen LogP) is 4.32. The Hall–Kier alpha value is -2.84. The van der Waals surface area contributed by atoms with E-state index >= 15 is 0 Å². The summed E-state index contributed by atoms with van der Waals surface area (Å²) in [6.07, 6.45) is 2.74. The monoisotopic (exact) mass is 459 g/mol. The molecular weight excluding hydrogens is 438 g/mol. The Morgan fingerprint density at radius 2 is 1.87 bits per heavy atom. The molecule has 2 N–H and O–H groups in total. The lowest BCUT2D eigenvalue weighted by molar-refractivity contribution is -0.121. The van der Waals surface area contributed by atoms with Gasteiger partial charge >= 0.3 is 0 Å². The van der Waals surface area contributed by atoms with Gasteiger partial charge in [0.15, 0.2) is 16.3 Å². The van der Waals surface area contributed by atoms with Crippen LogP contribution < -0.4 is 20.3 Å². The molecule has 7 nitrogen and oxygen atoms in total. The van der Waals surface area contributed by atoms with E-state index < -0.39 is 0 Å². The maximum absolute atomic E-state index is 12.9. The van der Waals surface area contributed by atoms with Gasteiger partial charge in [0, 0.05) is 30.6 Å². The fraction of sp³-hybridized carbons (Fsp3) is 0.318. The van der Waals surface area contributed by atoms with E-state index in [0.717, 1.165) is 24.8 Å². The van der Waals surface area contributed by atoms with Crippen LogP contribution in [0.5, 0.6) is 11.5 Å². The van der Waals surface area contributed by atoms with Gasteiger partial charge in [0.25, 0.3) is 5.56 Å². The summed E-state index contributed by atoms with van der Waals surface area (Å²) in [7, 11) is 0. The minimum absolute atomic E-state index is 0.00573. The van der Waals surface area contributed by atoms with Gasteiger partial charge in [0.1, 0.15) is 0 Å². The van der Waals surface area contributed by atoms with Crippen LogP contribution in [0.15, 0.2) is 41.2 Å². The minimum Gasteiger partial charge on any atom is -0.454 e. The maximum Gasteiger partial charge on any atom is 0.262 e. The number of carbonyl (C=O) groups excluding carboxylic acids is 1. The van der Waals surface area contributed by atoms with Gasteiger partial charge in [-0.3, -0.25) is 14.2 Å². The van der Waals surface area contributed by atoms with Crippen LogP contribution in [-0.2, 0) is 17.9 Å². The Labute approximate surface area is 188 Å². The van der Waals surface area contributed by atoms with Crippen molar-refractivity contribution < 1.29 is 14.3 Å². The second-order valence-electron chi connectivity index (χ2n) is 7.35. The summed E-state index contributed by atoms with van der Waals surface area (Å²) in [6.45, 7) is 1.12. The van der Waals surface area contributed by atoms with E-state index in [9.17, 15) is 9.59 Å². The number of unbranched alkanes of at least 4 members (excludes halogenated alkanes) is 2. The number of nitrogens with zero attached hydrogens (tertiary/aromatic N) is 1. The van der Waals surface area contributed by atoms with Crippen molar-refractivity contribution in [2.45, 2.75) is 38.8 Å². The van der Waals surface area contributed by atoms with Crippen LogP contribution in [0.4, 0.5) is 0 Å². The molecule has 0 radical (unpaired) electrons. The average molecular weight is 460 g/mol. The van der Waals surface area contributed by atoms with Crippen molar-refractivity contribution in [3.05, 3.63) is 62.1 Å². The van der Waals surface area contributed by atoms with Gasteiger partial charge in [-0.15, -0.1) is 0 Å². The number of hydrogen-bond acceptors (Lipinski definition) is 5. The van der Waals surface area contributed by atoms with Gasteiger partial charge in [0.2, 0.25) is 12.7 Å². The third-order valence-electron chi connectivity index (χ3n) is 5.16. The molecule has 1 aliphatic heterocycles. The summed E-state index contributed by atoms with van der Waals surface area (Å²) in [5.41, 5.74) is 1.48. The fourth-order valence-electron chi connectivity index (χ4n) is 3.47. The molecule has 1 amide bonds. The Bertz CT molecular complexity index is 1220. The molecule has 0 aliphatic carbocycles. The number of nitrogens with one attached hydrogen (secondary N) is 2. The average Bonchev–Trinajstić information content (AvgIpc) is 3.21. The highest BCUT2D eigenvalue weighted by molar-refractivity contribution is 7.71. The van der Waals surface area contributed by atoms with Gasteiger partial charge in [-0.05, 0) is 48.8 Å². The van der Waals surface area contributed by atoms with E-state index in [-0.39, 0.29) is 18.3 Å². The second kappa shape index (κ2) is 9.53. The quantitative estimate of drug-likeness (QED) is 0.387. The summed E-state index contributed by atoms with van der Waals surface area (Å²) in [6, 6.07) is 10.8. The molecule has 0 unspecified atom stereocenters. The van der Waals surface area contributed by atoms with E-state index in [0.29, 0.717) is 51.7 Å². The Morgan fingerprint density at radius 3 is 2.65 bits per heavy atom. The van der Waals surface area contributed by atoms with Gasteiger partial charge in [-0.25, -0.2) is 0 Å². The van der Waals surface area contributed by atoms with Crippen molar-refractivity contribution in [3.63, 3.8) is 0 Å². The van der Waals surface area contributed by atoms with E-state index in [1.807, 2.05) is 12.1 Å². The Kier molecular flexibility index (Phi) is 6.58. The van der Waals surface area contributed by atoms with Crippen LogP contribution in [0, 0.1) is 4.77 Å². The number of amides is 1. The molecule has 0 saturated heterocycles. The summed E-state index contributed by atoms with van der Waals surface area (Å²) in [5, 5.41) is 4.09. The van der Waals surface area contributed by atoms with Crippen LogP contribution >= 0.6 is 23.8 Å². The van der Waals surface area contributed by atoms with Crippen molar-refractivity contribution in [1.82, 2.24) is 14.9 Å². The van der Waals surface area contributed by atoms with E-state index in [1.165, 1.54) is 0 Å². The lowest BCUT2D eigenvalue weighted by Gasteiger charge is -2.09. The molecule has 3 aromatic rings. The number of hydrogen-bond donors (Lipinski definition) is 2.